The summed E-state index contributed by atoms with van der Waals surface area (Å²) in [4.78, 5) is 11.6. The van der Waals surface area contributed by atoms with Gasteiger partial charge in [-0.1, -0.05) is 59.7 Å². The van der Waals surface area contributed by atoms with Gasteiger partial charge in [-0.05, 0) is 157 Å². The molecule has 10 heteroatoms. The topological polar surface area (TPSA) is 80.8 Å². The molecule has 0 saturated carbocycles. The van der Waals surface area contributed by atoms with E-state index in [1.165, 1.54) is 69.6 Å². The molecule has 3 aromatic heterocycles. The summed E-state index contributed by atoms with van der Waals surface area (Å²) in [5, 5.41) is 17.9. The van der Waals surface area contributed by atoms with Crippen LogP contribution in [0.5, 0.6) is 0 Å². The number of nitrogens with zero attached hydrogens (tertiary/aromatic N) is 9. The van der Waals surface area contributed by atoms with Crippen LogP contribution in [0.15, 0.2) is 102 Å². The lowest BCUT2D eigenvalue weighted by atomic mass is 10.00. The van der Waals surface area contributed by atoms with Gasteiger partial charge in [-0.15, -0.1) is 22.0 Å². The third-order valence-corrected chi connectivity index (χ3v) is 11.6. The molecule has 2 aliphatic heterocycles. The van der Waals surface area contributed by atoms with Crippen LogP contribution >= 0.6 is 11.8 Å². The molecule has 0 spiro atoms. The first-order valence-corrected chi connectivity index (χ1v) is 21.0. The summed E-state index contributed by atoms with van der Waals surface area (Å²) in [5.74, 6) is 0. The molecule has 5 heterocycles. The van der Waals surface area contributed by atoms with E-state index in [0.717, 1.165) is 95.2 Å². The van der Waals surface area contributed by atoms with E-state index in [2.05, 4.69) is 134 Å². The van der Waals surface area contributed by atoms with Crippen LogP contribution in [0.1, 0.15) is 62.8 Å². The van der Waals surface area contributed by atoms with Crippen molar-refractivity contribution in [2.75, 3.05) is 45.5 Å². The Morgan fingerprint density at radius 1 is 0.519 bits per heavy atom. The van der Waals surface area contributed by atoms with E-state index in [9.17, 15) is 0 Å². The molecule has 8 rings (SSSR count). The van der Waals surface area contributed by atoms with Gasteiger partial charge in [-0.3, -0.25) is 0 Å². The zero-order valence-electron chi connectivity index (χ0n) is 31.5. The van der Waals surface area contributed by atoms with Gasteiger partial charge in [-0.2, -0.15) is 0 Å². The van der Waals surface area contributed by atoms with E-state index in [-0.39, 0.29) is 0 Å². The van der Waals surface area contributed by atoms with E-state index < -0.39 is 0 Å². The number of hydrogen-bond acceptors (Lipinski definition) is 8. The molecule has 0 aliphatic carbocycles. The number of aryl methyl sites for hydroxylation is 2. The Hall–Kier alpha value is -4.64. The molecule has 278 valence electrons. The van der Waals surface area contributed by atoms with Crippen LogP contribution in [0.3, 0.4) is 0 Å². The smallest absolute Gasteiger partial charge is 0.0832 e. The van der Waals surface area contributed by atoms with Crippen molar-refractivity contribution >= 4 is 11.8 Å². The van der Waals surface area contributed by atoms with E-state index in [0.29, 0.717) is 0 Å². The Morgan fingerprint density at radius 2 is 0.963 bits per heavy atom. The number of pyridine rings is 1. The summed E-state index contributed by atoms with van der Waals surface area (Å²) in [6.45, 7) is 7.22. The molecule has 54 heavy (non-hydrogen) atoms. The van der Waals surface area contributed by atoms with Gasteiger partial charge < -0.3 is 9.80 Å². The minimum atomic E-state index is 0.925. The summed E-state index contributed by atoms with van der Waals surface area (Å²) >= 11 is 1.75. The first-order chi connectivity index (χ1) is 26.7. The summed E-state index contributed by atoms with van der Waals surface area (Å²) in [7, 11) is 0. The second-order valence-electron chi connectivity index (χ2n) is 14.8. The Bertz CT molecular complexity index is 1950. The van der Waals surface area contributed by atoms with E-state index in [4.69, 9.17) is 4.98 Å². The van der Waals surface area contributed by atoms with Crippen molar-refractivity contribution in [2.24, 2.45) is 0 Å². The Balaban J connectivity index is 0.983. The number of likely N-dealkylation sites (tertiary alicyclic amines) is 2. The van der Waals surface area contributed by atoms with Crippen molar-refractivity contribution in [3.63, 3.8) is 0 Å². The number of piperidine rings is 2. The maximum absolute atomic E-state index is 5.21. The van der Waals surface area contributed by atoms with Gasteiger partial charge in [0.05, 0.1) is 46.5 Å². The molecule has 0 atom stereocenters. The molecule has 0 unspecified atom stereocenters. The van der Waals surface area contributed by atoms with Gasteiger partial charge in [-0.25, -0.2) is 14.3 Å². The van der Waals surface area contributed by atoms with Crippen LogP contribution in [0.2, 0.25) is 0 Å². The number of aromatic nitrogens is 7. The highest BCUT2D eigenvalue weighted by atomic mass is 32.2. The van der Waals surface area contributed by atoms with Gasteiger partial charge in [0.2, 0.25) is 0 Å². The van der Waals surface area contributed by atoms with Crippen molar-refractivity contribution in [2.45, 2.75) is 69.1 Å². The van der Waals surface area contributed by atoms with Crippen LogP contribution in [0, 0.1) is 0 Å². The molecule has 2 aliphatic rings. The van der Waals surface area contributed by atoms with Gasteiger partial charge in [0.15, 0.2) is 0 Å². The summed E-state index contributed by atoms with van der Waals surface area (Å²) in [6, 6.07) is 30.1. The highest BCUT2D eigenvalue weighted by Gasteiger charge is 2.14. The number of rotatable bonds is 14. The quantitative estimate of drug-likeness (QED) is 0.103. The first-order valence-electron chi connectivity index (χ1n) is 19.8. The zero-order valence-corrected chi connectivity index (χ0v) is 32.3. The minimum absolute atomic E-state index is 0.925. The average molecular weight is 738 g/mol. The monoisotopic (exact) mass is 737 g/mol. The van der Waals surface area contributed by atoms with Gasteiger partial charge >= 0.3 is 0 Å². The molecule has 6 aromatic rings. The Kier molecular flexibility index (Phi) is 11.9. The Labute approximate surface area is 323 Å². The fourth-order valence-corrected chi connectivity index (χ4v) is 8.17. The number of benzene rings is 3. The summed E-state index contributed by atoms with van der Waals surface area (Å²) in [6.07, 6.45) is 18.4. The summed E-state index contributed by atoms with van der Waals surface area (Å²) in [5.41, 5.74) is 10.3. The number of hydrogen-bond donors (Lipinski definition) is 0. The van der Waals surface area contributed by atoms with Crippen molar-refractivity contribution in [3.8, 4) is 45.0 Å². The molecular formula is C44H51N9S. The van der Waals surface area contributed by atoms with Gasteiger partial charge in [0, 0.05) is 16.0 Å². The van der Waals surface area contributed by atoms with E-state index in [1.807, 2.05) is 9.36 Å². The van der Waals surface area contributed by atoms with Crippen molar-refractivity contribution in [1.82, 2.24) is 44.8 Å². The first kappa shape index (κ1) is 36.3. The molecule has 2 fully saturated rings. The van der Waals surface area contributed by atoms with E-state index >= 15 is 0 Å². The lowest BCUT2D eigenvalue weighted by Crippen LogP contribution is -2.30. The molecule has 9 nitrogen and oxygen atoms in total. The zero-order chi connectivity index (χ0) is 36.5. The molecular weight excluding hydrogens is 687 g/mol. The van der Waals surface area contributed by atoms with Crippen LogP contribution in [-0.2, 0) is 12.8 Å². The second-order valence-corrected chi connectivity index (χ2v) is 15.6. The molecule has 0 radical (unpaired) electrons. The van der Waals surface area contributed by atoms with Crippen molar-refractivity contribution < 1.29 is 0 Å². The normalized spacial score (nSPS) is 15.5. The Morgan fingerprint density at radius 3 is 1.41 bits per heavy atom. The lowest BCUT2D eigenvalue weighted by Gasteiger charge is -2.26. The highest BCUT2D eigenvalue weighted by Crippen LogP contribution is 2.32. The van der Waals surface area contributed by atoms with Crippen LogP contribution < -0.4 is 0 Å². The SMILES string of the molecule is CSc1ccc(-c2cc(-c3ccc(-n4cc(CCCN5CCCCC5)nn4)cc3)nc(-c3ccc(-n4cc(CCCN5CCCCC5)nn4)cc3)c2)cc1. The van der Waals surface area contributed by atoms with Crippen LogP contribution in [0.25, 0.3) is 45.0 Å². The fraction of sp³-hybridized carbons (Fsp3) is 0.386. The molecule has 0 bridgehead atoms. The van der Waals surface area contributed by atoms with Crippen LogP contribution in [0.4, 0.5) is 0 Å². The highest BCUT2D eigenvalue weighted by molar-refractivity contribution is 7.98. The number of thioether (sulfide) groups is 1. The standard InChI is InChI=1S/C44H51N9S/c1-54-42-22-16-34(17-23-42)37-30-43(35-12-18-40(19-13-35)52-32-38(46-48-52)10-8-28-50-24-4-2-5-25-50)45-44(31-37)36-14-20-41(21-15-36)53-33-39(47-49-53)11-9-29-51-26-6-3-7-27-51/h12-23,30-33H,2-11,24-29H2,1H3. The molecule has 3 aromatic carbocycles. The maximum Gasteiger partial charge on any atom is 0.0832 e. The van der Waals surface area contributed by atoms with E-state index in [1.54, 1.807) is 11.8 Å². The fourth-order valence-electron chi connectivity index (χ4n) is 7.76. The molecule has 2 saturated heterocycles. The predicted octanol–water partition coefficient (Wildman–Crippen LogP) is 8.80. The van der Waals surface area contributed by atoms with Crippen molar-refractivity contribution in [1.29, 1.82) is 0 Å². The van der Waals surface area contributed by atoms with Gasteiger partial charge in [0.25, 0.3) is 0 Å². The minimum Gasteiger partial charge on any atom is -0.303 e. The average Bonchev–Trinajstić information content (AvgIpc) is 3.92. The molecule has 0 N–H and O–H groups in total. The summed E-state index contributed by atoms with van der Waals surface area (Å²) < 4.78 is 3.77. The second kappa shape index (κ2) is 17.7. The lowest BCUT2D eigenvalue weighted by molar-refractivity contribution is 0.226. The predicted molar refractivity (Wildman–Crippen MR) is 219 cm³/mol. The van der Waals surface area contributed by atoms with Gasteiger partial charge in [0.1, 0.15) is 0 Å². The molecule has 0 amide bonds. The van der Waals surface area contributed by atoms with Crippen molar-refractivity contribution in [3.05, 3.63) is 109 Å². The largest absolute Gasteiger partial charge is 0.303 e. The maximum atomic E-state index is 5.21. The van der Waals surface area contributed by atoms with Crippen LogP contribution in [-0.4, -0.2) is 90.3 Å². The third-order valence-electron chi connectivity index (χ3n) is 10.9. The third kappa shape index (κ3) is 9.17.